The molecule has 0 unspecified atom stereocenters. The van der Waals surface area contributed by atoms with Gasteiger partial charge < -0.3 is 10.0 Å². The number of anilines is 1. The minimum absolute atomic E-state index is 0.0976. The van der Waals surface area contributed by atoms with E-state index in [0.717, 1.165) is 48.3 Å². The van der Waals surface area contributed by atoms with Crippen LogP contribution in [0.5, 0.6) is 0 Å². The van der Waals surface area contributed by atoms with Gasteiger partial charge in [0, 0.05) is 13.1 Å². The Morgan fingerprint density at radius 1 is 1.12 bits per heavy atom. The molecule has 24 heavy (non-hydrogen) atoms. The third-order valence-electron chi connectivity index (χ3n) is 5.35. The zero-order chi connectivity index (χ0) is 16.6. The third-order valence-corrected chi connectivity index (χ3v) is 6.25. The van der Waals surface area contributed by atoms with Crippen LogP contribution in [0.3, 0.4) is 0 Å². The molecule has 2 fully saturated rings. The molecule has 1 aromatic heterocycles. The standard InChI is InChI=1S/C18H24N4OS/c1-14-19-20-17(24-14)22-12-9-18(23,15-7-3-2-4-8-15)16(13-22)21-10-5-6-11-21/h2-4,7-8,16,23H,5-6,9-13H2,1H3/t16-,18+/m1/s1. The molecule has 2 aliphatic rings. The summed E-state index contributed by atoms with van der Waals surface area (Å²) in [7, 11) is 0. The molecule has 0 saturated carbocycles. The van der Waals surface area contributed by atoms with E-state index in [0.29, 0.717) is 0 Å². The van der Waals surface area contributed by atoms with Crippen molar-refractivity contribution in [2.45, 2.75) is 37.8 Å². The highest BCUT2D eigenvalue weighted by atomic mass is 32.1. The van der Waals surface area contributed by atoms with Gasteiger partial charge in [-0.15, -0.1) is 10.2 Å². The lowest BCUT2D eigenvalue weighted by Crippen LogP contribution is -2.60. The molecule has 6 heteroatoms. The lowest BCUT2D eigenvalue weighted by molar-refractivity contribution is -0.0602. The maximum absolute atomic E-state index is 11.6. The first-order chi connectivity index (χ1) is 11.7. The van der Waals surface area contributed by atoms with Crippen LogP contribution in [0.25, 0.3) is 0 Å². The first-order valence-electron chi connectivity index (χ1n) is 8.74. The molecule has 128 valence electrons. The number of nitrogens with zero attached hydrogens (tertiary/aromatic N) is 4. The number of benzene rings is 1. The van der Waals surface area contributed by atoms with E-state index in [4.69, 9.17) is 0 Å². The van der Waals surface area contributed by atoms with Crippen molar-refractivity contribution < 1.29 is 5.11 Å². The van der Waals surface area contributed by atoms with Gasteiger partial charge in [0.05, 0.1) is 6.04 Å². The average molecular weight is 344 g/mol. The average Bonchev–Trinajstić information content (AvgIpc) is 3.28. The van der Waals surface area contributed by atoms with Crippen LogP contribution >= 0.6 is 11.3 Å². The van der Waals surface area contributed by atoms with Gasteiger partial charge >= 0.3 is 0 Å². The first-order valence-corrected chi connectivity index (χ1v) is 9.55. The molecule has 3 heterocycles. The fourth-order valence-corrected chi connectivity index (χ4v) is 4.77. The van der Waals surface area contributed by atoms with E-state index in [1.807, 2.05) is 25.1 Å². The topological polar surface area (TPSA) is 52.5 Å². The maximum atomic E-state index is 11.6. The quantitative estimate of drug-likeness (QED) is 0.927. The minimum Gasteiger partial charge on any atom is -0.383 e. The Balaban J connectivity index is 1.65. The fraction of sp³-hybridized carbons (Fsp3) is 0.556. The number of hydrogen-bond acceptors (Lipinski definition) is 6. The molecule has 2 saturated heterocycles. The first kappa shape index (κ1) is 16.0. The number of aryl methyl sites for hydroxylation is 1. The number of aromatic nitrogens is 2. The van der Waals surface area contributed by atoms with E-state index >= 15 is 0 Å². The largest absolute Gasteiger partial charge is 0.383 e. The number of aliphatic hydroxyl groups is 1. The second-order valence-electron chi connectivity index (χ2n) is 6.85. The molecule has 0 spiro atoms. The normalized spacial score (nSPS) is 28.4. The van der Waals surface area contributed by atoms with Gasteiger partial charge in [-0.3, -0.25) is 4.90 Å². The van der Waals surface area contributed by atoms with Crippen LogP contribution in [0.1, 0.15) is 29.8 Å². The second kappa shape index (κ2) is 6.43. The minimum atomic E-state index is -0.790. The summed E-state index contributed by atoms with van der Waals surface area (Å²) in [5.41, 5.74) is 0.247. The van der Waals surface area contributed by atoms with Gasteiger partial charge in [-0.2, -0.15) is 0 Å². The van der Waals surface area contributed by atoms with Crippen molar-refractivity contribution in [1.29, 1.82) is 0 Å². The molecular formula is C18H24N4OS. The van der Waals surface area contributed by atoms with E-state index in [1.54, 1.807) is 11.3 Å². The molecule has 0 radical (unpaired) electrons. The Morgan fingerprint density at radius 2 is 1.88 bits per heavy atom. The smallest absolute Gasteiger partial charge is 0.208 e. The Morgan fingerprint density at radius 3 is 2.54 bits per heavy atom. The van der Waals surface area contributed by atoms with E-state index in [2.05, 4.69) is 32.1 Å². The Hall–Kier alpha value is -1.50. The van der Waals surface area contributed by atoms with E-state index in [9.17, 15) is 5.11 Å². The Kier molecular flexibility index (Phi) is 4.28. The molecular weight excluding hydrogens is 320 g/mol. The van der Waals surface area contributed by atoms with Gasteiger partial charge in [0.1, 0.15) is 10.6 Å². The lowest BCUT2D eigenvalue weighted by atomic mass is 9.79. The number of hydrogen-bond donors (Lipinski definition) is 1. The van der Waals surface area contributed by atoms with Gasteiger partial charge in [0.15, 0.2) is 0 Å². The van der Waals surface area contributed by atoms with Crippen LogP contribution in [0.4, 0.5) is 5.13 Å². The summed E-state index contributed by atoms with van der Waals surface area (Å²) < 4.78 is 0. The molecule has 1 N–H and O–H groups in total. The van der Waals surface area contributed by atoms with Gasteiger partial charge in [-0.1, -0.05) is 41.7 Å². The monoisotopic (exact) mass is 344 g/mol. The van der Waals surface area contributed by atoms with Gasteiger partial charge in [-0.25, -0.2) is 0 Å². The number of rotatable bonds is 3. The van der Waals surface area contributed by atoms with Gasteiger partial charge in [0.25, 0.3) is 0 Å². The van der Waals surface area contributed by atoms with E-state index in [1.165, 1.54) is 12.8 Å². The highest BCUT2D eigenvalue weighted by Crippen LogP contribution is 2.39. The number of likely N-dealkylation sites (tertiary alicyclic amines) is 1. The van der Waals surface area contributed by atoms with Crippen molar-refractivity contribution in [3.63, 3.8) is 0 Å². The molecule has 4 rings (SSSR count). The van der Waals surface area contributed by atoms with Crippen LogP contribution < -0.4 is 4.90 Å². The zero-order valence-corrected chi connectivity index (χ0v) is 14.9. The zero-order valence-electron chi connectivity index (χ0n) is 14.1. The maximum Gasteiger partial charge on any atom is 0.208 e. The second-order valence-corrected chi connectivity index (χ2v) is 8.01. The Labute approximate surface area is 146 Å². The van der Waals surface area contributed by atoms with Crippen molar-refractivity contribution in [2.75, 3.05) is 31.1 Å². The molecule has 0 amide bonds. The van der Waals surface area contributed by atoms with Crippen molar-refractivity contribution in [1.82, 2.24) is 15.1 Å². The van der Waals surface area contributed by atoms with Crippen molar-refractivity contribution in [3.8, 4) is 0 Å². The van der Waals surface area contributed by atoms with Crippen LogP contribution in [-0.4, -0.2) is 52.4 Å². The van der Waals surface area contributed by atoms with Crippen LogP contribution in [0.2, 0.25) is 0 Å². The highest BCUT2D eigenvalue weighted by molar-refractivity contribution is 7.15. The van der Waals surface area contributed by atoms with Crippen molar-refractivity contribution in [2.24, 2.45) is 0 Å². The summed E-state index contributed by atoms with van der Waals surface area (Å²) >= 11 is 1.64. The molecule has 5 nitrogen and oxygen atoms in total. The molecule has 2 aliphatic heterocycles. The summed E-state index contributed by atoms with van der Waals surface area (Å²) in [4.78, 5) is 4.76. The SMILES string of the molecule is Cc1nnc(N2CC[C@](O)(c3ccccc3)[C@H](N3CCCC3)C2)s1. The van der Waals surface area contributed by atoms with Gasteiger partial charge in [-0.05, 0) is 44.8 Å². The molecule has 2 aromatic rings. The molecule has 1 aromatic carbocycles. The fourth-order valence-electron chi connectivity index (χ4n) is 4.04. The summed E-state index contributed by atoms with van der Waals surface area (Å²) in [5, 5.41) is 22.1. The predicted octanol–water partition coefficient (Wildman–Crippen LogP) is 2.41. The van der Waals surface area contributed by atoms with Gasteiger partial charge in [0.2, 0.25) is 5.13 Å². The molecule has 0 bridgehead atoms. The molecule has 0 aliphatic carbocycles. The predicted molar refractivity (Wildman–Crippen MR) is 96.4 cm³/mol. The summed E-state index contributed by atoms with van der Waals surface area (Å²) in [6, 6.07) is 10.3. The van der Waals surface area contributed by atoms with Crippen LogP contribution in [-0.2, 0) is 5.60 Å². The summed E-state index contributed by atoms with van der Waals surface area (Å²) in [5.74, 6) is 0. The van der Waals surface area contributed by atoms with Crippen LogP contribution in [0.15, 0.2) is 30.3 Å². The highest BCUT2D eigenvalue weighted by Gasteiger charge is 2.46. The molecule has 2 atom stereocenters. The summed E-state index contributed by atoms with van der Waals surface area (Å²) in [6.45, 7) is 5.75. The van der Waals surface area contributed by atoms with Crippen LogP contribution in [0, 0.1) is 6.92 Å². The number of piperidine rings is 1. The Bertz CT molecular complexity index is 685. The lowest BCUT2D eigenvalue weighted by Gasteiger charge is -2.48. The third kappa shape index (κ3) is 2.83. The van der Waals surface area contributed by atoms with E-state index < -0.39 is 5.60 Å². The van der Waals surface area contributed by atoms with Crippen molar-refractivity contribution >= 4 is 16.5 Å². The van der Waals surface area contributed by atoms with Crippen molar-refractivity contribution in [3.05, 3.63) is 40.9 Å². The van der Waals surface area contributed by atoms with E-state index in [-0.39, 0.29) is 6.04 Å². The summed E-state index contributed by atoms with van der Waals surface area (Å²) in [6.07, 6.45) is 3.16.